The number of ketones is 1. The molecule has 1 aliphatic heterocycles. The Morgan fingerprint density at radius 2 is 1.73 bits per heavy atom. The summed E-state index contributed by atoms with van der Waals surface area (Å²) in [6.07, 6.45) is -0.0667. The maximum absolute atomic E-state index is 13.8. The highest BCUT2D eigenvalue weighted by Crippen LogP contribution is 2.42. The Kier molecular flexibility index (Phi) is 6.01. The average molecular weight is 445 g/mol. The van der Waals surface area contributed by atoms with Gasteiger partial charge in [-0.05, 0) is 74.4 Å². The van der Waals surface area contributed by atoms with E-state index in [1.165, 1.54) is 23.1 Å². The van der Waals surface area contributed by atoms with Crippen LogP contribution in [0.4, 0.5) is 10.1 Å². The third kappa shape index (κ3) is 4.24. The fraction of sp³-hybridized carbons (Fsp3) is 0.185. The van der Waals surface area contributed by atoms with Gasteiger partial charge in [0, 0.05) is 11.3 Å². The van der Waals surface area contributed by atoms with Gasteiger partial charge in [0.1, 0.15) is 17.3 Å². The van der Waals surface area contributed by atoms with E-state index < -0.39 is 23.5 Å². The lowest BCUT2D eigenvalue weighted by molar-refractivity contribution is -0.132. The molecule has 6 heteroatoms. The van der Waals surface area contributed by atoms with Gasteiger partial charge < -0.3 is 9.84 Å². The van der Waals surface area contributed by atoms with E-state index in [-0.39, 0.29) is 23.0 Å². The number of amides is 1. The molecule has 1 aliphatic rings. The molecule has 1 amide bonds. The first kappa shape index (κ1) is 22.3. The quantitative estimate of drug-likeness (QED) is 0.318. The van der Waals surface area contributed by atoms with E-state index in [4.69, 9.17) is 4.74 Å². The van der Waals surface area contributed by atoms with Gasteiger partial charge in [-0.2, -0.15) is 0 Å². The zero-order chi connectivity index (χ0) is 23.7. The van der Waals surface area contributed by atoms with Crippen molar-refractivity contribution in [3.05, 3.63) is 101 Å². The highest BCUT2D eigenvalue weighted by Gasteiger charge is 2.47. The first-order valence-corrected chi connectivity index (χ1v) is 10.7. The molecule has 0 spiro atoms. The molecule has 1 unspecified atom stereocenters. The number of hydrogen-bond acceptors (Lipinski definition) is 4. The number of carbonyl (C=O) groups excluding carboxylic acids is 2. The predicted molar refractivity (Wildman–Crippen MR) is 125 cm³/mol. The van der Waals surface area contributed by atoms with Gasteiger partial charge in [-0.3, -0.25) is 14.5 Å². The minimum Gasteiger partial charge on any atom is -0.507 e. The number of anilines is 1. The SMILES string of the molecule is Cc1cc(/C(O)=C2/C(=O)C(=O)N(c3ccccc3)C2c2cccc(OC(C)C)c2)ccc1F. The molecule has 4 rings (SSSR count). The number of benzene rings is 3. The van der Waals surface area contributed by atoms with Gasteiger partial charge >= 0.3 is 0 Å². The number of rotatable bonds is 5. The maximum atomic E-state index is 13.8. The predicted octanol–water partition coefficient (Wildman–Crippen LogP) is 5.55. The van der Waals surface area contributed by atoms with Gasteiger partial charge in [-0.25, -0.2) is 4.39 Å². The summed E-state index contributed by atoms with van der Waals surface area (Å²) < 4.78 is 19.6. The second-order valence-corrected chi connectivity index (χ2v) is 8.21. The van der Waals surface area contributed by atoms with Crippen molar-refractivity contribution in [2.75, 3.05) is 4.90 Å². The molecular weight excluding hydrogens is 421 g/mol. The molecule has 0 aromatic heterocycles. The lowest BCUT2D eigenvalue weighted by Gasteiger charge is -2.26. The van der Waals surface area contributed by atoms with Crippen LogP contribution in [0.1, 0.15) is 36.6 Å². The summed E-state index contributed by atoms with van der Waals surface area (Å²) in [5, 5.41) is 11.2. The molecule has 1 heterocycles. The van der Waals surface area contributed by atoms with Gasteiger partial charge in [0.15, 0.2) is 0 Å². The molecule has 0 bridgehead atoms. The number of carbonyl (C=O) groups is 2. The Balaban J connectivity index is 1.93. The molecule has 0 aliphatic carbocycles. The van der Waals surface area contributed by atoms with Crippen LogP contribution in [0.5, 0.6) is 5.75 Å². The third-order valence-electron chi connectivity index (χ3n) is 5.46. The molecule has 33 heavy (non-hydrogen) atoms. The van der Waals surface area contributed by atoms with Gasteiger partial charge in [0.2, 0.25) is 0 Å². The van der Waals surface area contributed by atoms with E-state index in [1.807, 2.05) is 19.9 Å². The summed E-state index contributed by atoms with van der Waals surface area (Å²) in [7, 11) is 0. The molecule has 1 atom stereocenters. The number of nitrogens with zero attached hydrogens (tertiary/aromatic N) is 1. The van der Waals surface area contributed by atoms with E-state index in [0.29, 0.717) is 22.6 Å². The molecule has 3 aromatic rings. The molecule has 5 nitrogen and oxygen atoms in total. The van der Waals surface area contributed by atoms with Gasteiger partial charge in [0.25, 0.3) is 11.7 Å². The number of aryl methyl sites for hydroxylation is 1. The summed E-state index contributed by atoms with van der Waals surface area (Å²) in [6, 6.07) is 19.1. The van der Waals surface area contributed by atoms with Gasteiger partial charge in [-0.15, -0.1) is 0 Å². The summed E-state index contributed by atoms with van der Waals surface area (Å²) in [5.41, 5.74) is 1.65. The first-order chi connectivity index (χ1) is 15.8. The Bertz CT molecular complexity index is 1250. The summed E-state index contributed by atoms with van der Waals surface area (Å²) in [5.74, 6) is -1.75. The molecular formula is C27H24FNO4. The lowest BCUT2D eigenvalue weighted by atomic mass is 9.94. The summed E-state index contributed by atoms with van der Waals surface area (Å²) in [4.78, 5) is 27.7. The normalized spacial score (nSPS) is 17.6. The van der Waals surface area contributed by atoms with Crippen LogP contribution in [0.2, 0.25) is 0 Å². The molecule has 1 fully saturated rings. The number of aliphatic hydroxyl groups is 1. The Morgan fingerprint density at radius 3 is 2.39 bits per heavy atom. The number of Topliss-reactive ketones (excluding diaryl/α,β-unsaturated/α-hetero) is 1. The minimum absolute atomic E-state index is 0.0587. The van der Waals surface area contributed by atoms with E-state index in [1.54, 1.807) is 55.5 Å². The zero-order valence-electron chi connectivity index (χ0n) is 18.6. The first-order valence-electron chi connectivity index (χ1n) is 10.7. The largest absolute Gasteiger partial charge is 0.507 e. The number of para-hydroxylation sites is 1. The Morgan fingerprint density at radius 1 is 1.00 bits per heavy atom. The van der Waals surface area contributed by atoms with Crippen molar-refractivity contribution in [2.24, 2.45) is 0 Å². The fourth-order valence-electron chi connectivity index (χ4n) is 3.98. The van der Waals surface area contributed by atoms with Crippen LogP contribution in [0.15, 0.2) is 78.4 Å². The summed E-state index contributed by atoms with van der Waals surface area (Å²) in [6.45, 7) is 5.37. The number of aliphatic hydroxyl groups excluding tert-OH is 1. The second-order valence-electron chi connectivity index (χ2n) is 8.21. The van der Waals surface area contributed by atoms with Crippen molar-refractivity contribution in [3.63, 3.8) is 0 Å². The fourth-order valence-corrected chi connectivity index (χ4v) is 3.98. The van der Waals surface area contributed by atoms with Crippen molar-refractivity contribution in [1.29, 1.82) is 0 Å². The zero-order valence-corrected chi connectivity index (χ0v) is 18.6. The van der Waals surface area contributed by atoms with Crippen LogP contribution in [0, 0.1) is 12.7 Å². The van der Waals surface area contributed by atoms with Gasteiger partial charge in [-0.1, -0.05) is 30.3 Å². The van der Waals surface area contributed by atoms with Crippen LogP contribution in [0.25, 0.3) is 5.76 Å². The standard InChI is InChI=1S/C27H24FNO4/c1-16(2)33-21-11-7-8-18(15-21)24-23(25(30)19-12-13-22(28)17(3)14-19)26(31)27(32)29(24)20-9-5-4-6-10-20/h4-16,24,30H,1-3H3/b25-23-. The lowest BCUT2D eigenvalue weighted by Crippen LogP contribution is -2.29. The molecule has 0 radical (unpaired) electrons. The van der Waals surface area contributed by atoms with E-state index >= 15 is 0 Å². The summed E-state index contributed by atoms with van der Waals surface area (Å²) >= 11 is 0. The molecule has 1 saturated heterocycles. The van der Waals surface area contributed by atoms with Crippen LogP contribution < -0.4 is 9.64 Å². The van der Waals surface area contributed by atoms with Crippen LogP contribution in [0.3, 0.4) is 0 Å². The number of halogens is 1. The Labute approximate surface area is 191 Å². The van der Waals surface area contributed by atoms with Crippen molar-refractivity contribution in [2.45, 2.75) is 32.9 Å². The van der Waals surface area contributed by atoms with Crippen LogP contribution >= 0.6 is 0 Å². The van der Waals surface area contributed by atoms with E-state index in [9.17, 15) is 19.1 Å². The average Bonchev–Trinajstić information content (AvgIpc) is 3.06. The molecule has 1 N–H and O–H groups in total. The van der Waals surface area contributed by atoms with E-state index in [2.05, 4.69) is 0 Å². The maximum Gasteiger partial charge on any atom is 0.300 e. The highest BCUT2D eigenvalue weighted by atomic mass is 19.1. The molecule has 3 aromatic carbocycles. The Hall–Kier alpha value is -3.93. The molecule has 168 valence electrons. The van der Waals surface area contributed by atoms with Crippen LogP contribution in [-0.2, 0) is 9.59 Å². The minimum atomic E-state index is -0.881. The molecule has 0 saturated carbocycles. The van der Waals surface area contributed by atoms with Crippen LogP contribution in [-0.4, -0.2) is 22.9 Å². The number of hydrogen-bond donors (Lipinski definition) is 1. The smallest absolute Gasteiger partial charge is 0.300 e. The van der Waals surface area contributed by atoms with Crippen molar-refractivity contribution in [1.82, 2.24) is 0 Å². The van der Waals surface area contributed by atoms with Crippen molar-refractivity contribution < 1.29 is 23.8 Å². The van der Waals surface area contributed by atoms with Crippen molar-refractivity contribution >= 4 is 23.1 Å². The van der Waals surface area contributed by atoms with E-state index in [0.717, 1.165) is 0 Å². The highest BCUT2D eigenvalue weighted by molar-refractivity contribution is 6.51. The third-order valence-corrected chi connectivity index (χ3v) is 5.46. The monoisotopic (exact) mass is 445 g/mol. The van der Waals surface area contributed by atoms with Gasteiger partial charge in [0.05, 0.1) is 17.7 Å². The van der Waals surface area contributed by atoms with Crippen molar-refractivity contribution in [3.8, 4) is 5.75 Å². The second kappa shape index (κ2) is 8.90. The topological polar surface area (TPSA) is 66.8 Å². The number of ether oxygens (including phenoxy) is 1.